The number of thiophene rings is 1. The minimum Gasteiger partial charge on any atom is -0.228 e. The van der Waals surface area contributed by atoms with E-state index in [9.17, 15) is 0 Å². The van der Waals surface area contributed by atoms with Gasteiger partial charge >= 0.3 is 0 Å². The molecule has 0 saturated carbocycles. The molecular weight excluding hydrogens is 613 g/mol. The number of fused-ring (bicyclic) bond motifs is 9. The number of hydrogen-bond donors (Lipinski definition) is 0. The highest BCUT2D eigenvalue weighted by atomic mass is 32.1. The molecule has 0 atom stereocenters. The van der Waals surface area contributed by atoms with Gasteiger partial charge in [-0.05, 0) is 73.8 Å². The summed E-state index contributed by atoms with van der Waals surface area (Å²) in [6, 6.07) is 60.8. The second kappa shape index (κ2) is 11.2. The number of benzene rings is 8. The molecule has 0 unspecified atom stereocenters. The van der Waals surface area contributed by atoms with E-state index in [0.29, 0.717) is 0 Å². The zero-order valence-electron chi connectivity index (χ0n) is 26.5. The molecule has 3 heteroatoms. The van der Waals surface area contributed by atoms with Crippen LogP contribution in [-0.2, 0) is 0 Å². The summed E-state index contributed by atoms with van der Waals surface area (Å²) in [4.78, 5) is 10.1. The summed E-state index contributed by atoms with van der Waals surface area (Å²) < 4.78 is 2.55. The topological polar surface area (TPSA) is 25.8 Å². The predicted octanol–water partition coefficient (Wildman–Crippen LogP) is 13.0. The van der Waals surface area contributed by atoms with Gasteiger partial charge in [-0.1, -0.05) is 140 Å². The van der Waals surface area contributed by atoms with Crippen LogP contribution in [0.4, 0.5) is 0 Å². The number of nitrogens with zero attached hydrogens (tertiary/aromatic N) is 2. The summed E-state index contributed by atoms with van der Waals surface area (Å²) in [5.41, 5.74) is 7.45. The Labute approximate surface area is 287 Å². The van der Waals surface area contributed by atoms with Gasteiger partial charge in [-0.25, -0.2) is 9.97 Å². The van der Waals surface area contributed by atoms with E-state index in [2.05, 4.69) is 146 Å². The standard InChI is InChI=1S/C46H28N2S/c1-3-12-29(13-4-1)41-28-42(48-46(47-41)30-14-5-2-6-15-30)32-23-25-43-40(27-32)45-33(20-11-21-44(45)49-43)31-22-24-38-36-18-8-7-16-34(36)35-17-9-10-19-37(35)39(38)26-31/h1-28H. The number of hydrogen-bond acceptors (Lipinski definition) is 3. The van der Waals surface area contributed by atoms with Crippen molar-refractivity contribution in [3.8, 4) is 45.0 Å². The molecule has 0 fully saturated rings. The van der Waals surface area contributed by atoms with Crippen molar-refractivity contribution in [2.24, 2.45) is 0 Å². The quantitative estimate of drug-likeness (QED) is 0.179. The first-order valence-electron chi connectivity index (χ1n) is 16.6. The molecule has 0 radical (unpaired) electrons. The summed E-state index contributed by atoms with van der Waals surface area (Å²) in [6.07, 6.45) is 0. The first kappa shape index (κ1) is 27.9. The molecule has 0 aliphatic carbocycles. The van der Waals surface area contributed by atoms with E-state index < -0.39 is 0 Å². The van der Waals surface area contributed by atoms with E-state index in [-0.39, 0.29) is 0 Å². The smallest absolute Gasteiger partial charge is 0.160 e. The Kier molecular flexibility index (Phi) is 6.39. The molecule has 2 heterocycles. The second-order valence-corrected chi connectivity index (χ2v) is 13.6. The Balaban J connectivity index is 1.19. The summed E-state index contributed by atoms with van der Waals surface area (Å²) in [5, 5.41) is 10.3. The zero-order chi connectivity index (χ0) is 32.3. The van der Waals surface area contributed by atoms with Crippen LogP contribution < -0.4 is 0 Å². The lowest BCUT2D eigenvalue weighted by atomic mass is 9.91. The van der Waals surface area contributed by atoms with Crippen molar-refractivity contribution in [2.75, 3.05) is 0 Å². The third-order valence-corrected chi connectivity index (χ3v) is 10.8. The molecule has 2 aromatic heterocycles. The highest BCUT2D eigenvalue weighted by Gasteiger charge is 2.16. The third kappa shape index (κ3) is 4.62. The molecule has 0 N–H and O–H groups in total. The molecule has 10 aromatic rings. The van der Waals surface area contributed by atoms with Crippen LogP contribution in [0, 0.1) is 0 Å². The molecule has 49 heavy (non-hydrogen) atoms. The first-order chi connectivity index (χ1) is 24.3. The average molecular weight is 641 g/mol. The normalized spacial score (nSPS) is 11.7. The molecule has 8 aromatic carbocycles. The zero-order valence-corrected chi connectivity index (χ0v) is 27.3. The van der Waals surface area contributed by atoms with Gasteiger partial charge in [0.15, 0.2) is 5.82 Å². The Morgan fingerprint density at radius 1 is 0.327 bits per heavy atom. The predicted molar refractivity (Wildman–Crippen MR) is 209 cm³/mol. The highest BCUT2D eigenvalue weighted by molar-refractivity contribution is 7.26. The van der Waals surface area contributed by atoms with Gasteiger partial charge in [0.05, 0.1) is 11.4 Å². The lowest BCUT2D eigenvalue weighted by molar-refractivity contribution is 1.18. The fourth-order valence-corrected chi connectivity index (χ4v) is 8.48. The van der Waals surface area contributed by atoms with Crippen molar-refractivity contribution in [3.63, 3.8) is 0 Å². The minimum atomic E-state index is 0.726. The third-order valence-electron chi connectivity index (χ3n) is 9.67. The Morgan fingerprint density at radius 2 is 0.878 bits per heavy atom. The van der Waals surface area contributed by atoms with Crippen LogP contribution in [0.2, 0.25) is 0 Å². The average Bonchev–Trinajstić information content (AvgIpc) is 3.57. The summed E-state index contributed by atoms with van der Waals surface area (Å²) in [6.45, 7) is 0. The van der Waals surface area contributed by atoms with Gasteiger partial charge in [-0.15, -0.1) is 11.3 Å². The summed E-state index contributed by atoms with van der Waals surface area (Å²) in [5.74, 6) is 0.726. The van der Waals surface area contributed by atoms with Crippen LogP contribution in [0.15, 0.2) is 170 Å². The van der Waals surface area contributed by atoms with Crippen LogP contribution >= 0.6 is 11.3 Å². The van der Waals surface area contributed by atoms with Crippen LogP contribution in [0.3, 0.4) is 0 Å². The van der Waals surface area contributed by atoms with Crippen molar-refractivity contribution in [1.82, 2.24) is 9.97 Å². The first-order valence-corrected chi connectivity index (χ1v) is 17.4. The monoisotopic (exact) mass is 640 g/mol. The minimum absolute atomic E-state index is 0.726. The molecule has 10 rings (SSSR count). The Hall–Kier alpha value is -6.16. The van der Waals surface area contributed by atoms with Crippen molar-refractivity contribution in [1.29, 1.82) is 0 Å². The van der Waals surface area contributed by atoms with Crippen molar-refractivity contribution >= 4 is 63.8 Å². The van der Waals surface area contributed by atoms with Gasteiger partial charge in [0, 0.05) is 36.9 Å². The van der Waals surface area contributed by atoms with Crippen LogP contribution in [0.5, 0.6) is 0 Å². The van der Waals surface area contributed by atoms with E-state index in [4.69, 9.17) is 9.97 Å². The fraction of sp³-hybridized carbons (Fsp3) is 0. The molecule has 0 aliphatic heterocycles. The van der Waals surface area contributed by atoms with Gasteiger partial charge < -0.3 is 0 Å². The summed E-state index contributed by atoms with van der Waals surface area (Å²) >= 11 is 1.85. The number of aromatic nitrogens is 2. The molecule has 0 aliphatic rings. The van der Waals surface area contributed by atoms with Crippen LogP contribution in [-0.4, -0.2) is 9.97 Å². The second-order valence-electron chi connectivity index (χ2n) is 12.5. The molecule has 0 saturated heterocycles. The largest absolute Gasteiger partial charge is 0.228 e. The highest BCUT2D eigenvalue weighted by Crippen LogP contribution is 2.43. The Morgan fingerprint density at radius 3 is 1.57 bits per heavy atom. The molecule has 2 nitrogen and oxygen atoms in total. The van der Waals surface area contributed by atoms with E-state index >= 15 is 0 Å². The molecule has 0 bridgehead atoms. The molecule has 228 valence electrons. The summed E-state index contributed by atoms with van der Waals surface area (Å²) in [7, 11) is 0. The molecular formula is C46H28N2S. The lowest BCUT2D eigenvalue weighted by Crippen LogP contribution is -1.95. The van der Waals surface area contributed by atoms with Gasteiger partial charge in [-0.3, -0.25) is 0 Å². The van der Waals surface area contributed by atoms with Gasteiger partial charge in [0.1, 0.15) is 0 Å². The van der Waals surface area contributed by atoms with Crippen molar-refractivity contribution in [2.45, 2.75) is 0 Å². The molecule has 0 spiro atoms. The van der Waals surface area contributed by atoms with Crippen molar-refractivity contribution in [3.05, 3.63) is 170 Å². The van der Waals surface area contributed by atoms with E-state index in [1.807, 2.05) is 35.6 Å². The van der Waals surface area contributed by atoms with E-state index in [1.165, 1.54) is 63.6 Å². The van der Waals surface area contributed by atoms with Crippen molar-refractivity contribution < 1.29 is 0 Å². The Bertz CT molecular complexity index is 2780. The maximum Gasteiger partial charge on any atom is 0.160 e. The van der Waals surface area contributed by atoms with Gasteiger partial charge in [0.2, 0.25) is 0 Å². The van der Waals surface area contributed by atoms with E-state index in [1.54, 1.807) is 0 Å². The van der Waals surface area contributed by atoms with E-state index in [0.717, 1.165) is 33.9 Å². The van der Waals surface area contributed by atoms with Gasteiger partial charge in [-0.2, -0.15) is 0 Å². The number of rotatable bonds is 4. The SMILES string of the molecule is c1ccc(-c2cc(-c3ccc4sc5cccc(-c6ccc7c8ccccc8c8ccccc8c7c6)c5c4c3)nc(-c3ccccc3)n2)cc1. The van der Waals surface area contributed by atoms with Crippen LogP contribution in [0.1, 0.15) is 0 Å². The van der Waals surface area contributed by atoms with Crippen LogP contribution in [0.25, 0.3) is 97.5 Å². The maximum atomic E-state index is 5.13. The molecule has 0 amide bonds. The maximum absolute atomic E-state index is 5.13. The fourth-order valence-electron chi connectivity index (χ4n) is 7.37. The lowest BCUT2D eigenvalue weighted by Gasteiger charge is -2.13. The van der Waals surface area contributed by atoms with Gasteiger partial charge in [0.25, 0.3) is 0 Å².